The van der Waals surface area contributed by atoms with Gasteiger partial charge in [0.15, 0.2) is 0 Å². The lowest BCUT2D eigenvalue weighted by Crippen LogP contribution is -2.07. The summed E-state index contributed by atoms with van der Waals surface area (Å²) in [5.41, 5.74) is 4.50. The number of hydrogen-bond acceptors (Lipinski definition) is 2. The van der Waals surface area contributed by atoms with E-state index in [0.29, 0.717) is 0 Å². The summed E-state index contributed by atoms with van der Waals surface area (Å²) in [5, 5.41) is 19.3. The highest BCUT2D eigenvalue weighted by molar-refractivity contribution is 5.53. The minimum absolute atomic E-state index is 0.135. The van der Waals surface area contributed by atoms with Crippen LogP contribution in [0.1, 0.15) is 22.3 Å². The van der Waals surface area contributed by atoms with Gasteiger partial charge in [0, 0.05) is 18.1 Å². The molecule has 2 heteroatoms. The third-order valence-electron chi connectivity index (χ3n) is 3.17. The first-order chi connectivity index (χ1) is 7.74. The maximum Gasteiger partial charge on any atom is 0.123 e. The van der Waals surface area contributed by atoms with Crippen LogP contribution >= 0.6 is 0 Å². The molecule has 80 valence electrons. The second kappa shape index (κ2) is 3.27. The average Bonchev–Trinajstić information content (AvgIpc) is 2.27. The summed E-state index contributed by atoms with van der Waals surface area (Å²) in [6.45, 7) is 0. The quantitative estimate of drug-likeness (QED) is 0.601. The normalized spacial score (nSPS) is 13.0. The first-order valence-electron chi connectivity index (χ1n) is 5.34. The highest BCUT2D eigenvalue weighted by atomic mass is 16.3. The summed E-state index contributed by atoms with van der Waals surface area (Å²) in [5.74, 6) is 0.333. The molecular formula is C14H12O2. The molecule has 1 aliphatic rings. The molecule has 0 saturated carbocycles. The number of rotatable bonds is 0. The van der Waals surface area contributed by atoms with Crippen LogP contribution in [-0.4, -0.2) is 10.2 Å². The van der Waals surface area contributed by atoms with Gasteiger partial charge in [-0.05, 0) is 29.2 Å². The first kappa shape index (κ1) is 9.28. The lowest BCUT2D eigenvalue weighted by Gasteiger charge is -2.20. The predicted octanol–water partition coefficient (Wildman–Crippen LogP) is 2.59. The Hall–Kier alpha value is -1.96. The van der Waals surface area contributed by atoms with Gasteiger partial charge in [-0.25, -0.2) is 0 Å². The lowest BCUT2D eigenvalue weighted by molar-refractivity contribution is 0.445. The van der Waals surface area contributed by atoms with E-state index in [4.69, 9.17) is 0 Å². The number of phenolic OH excluding ortho intramolecular Hbond substituents is 2. The van der Waals surface area contributed by atoms with E-state index in [2.05, 4.69) is 12.1 Å². The lowest BCUT2D eigenvalue weighted by atomic mass is 9.85. The molecule has 2 nitrogen and oxygen atoms in total. The minimum Gasteiger partial charge on any atom is -0.508 e. The standard InChI is InChI=1S/C14H12O2/c15-12-6-11-5-9-3-1-2-4-10(9)7-13(11)14(16)8-12/h1-4,6,8,15-16H,5,7H2. The number of fused-ring (bicyclic) bond motifs is 2. The maximum atomic E-state index is 9.80. The molecule has 16 heavy (non-hydrogen) atoms. The van der Waals surface area contributed by atoms with E-state index in [9.17, 15) is 10.2 Å². The SMILES string of the molecule is Oc1cc(O)c2c(c1)Cc1ccccc1C2. The zero-order valence-corrected chi connectivity index (χ0v) is 8.77. The van der Waals surface area contributed by atoms with Crippen molar-refractivity contribution in [3.63, 3.8) is 0 Å². The van der Waals surface area contributed by atoms with E-state index >= 15 is 0 Å². The number of aromatic hydroxyl groups is 2. The maximum absolute atomic E-state index is 9.80. The van der Waals surface area contributed by atoms with Crippen LogP contribution in [0, 0.1) is 0 Å². The molecule has 0 amide bonds. The second-order valence-corrected chi connectivity index (χ2v) is 4.22. The smallest absolute Gasteiger partial charge is 0.123 e. The zero-order valence-electron chi connectivity index (χ0n) is 8.77. The van der Waals surface area contributed by atoms with E-state index < -0.39 is 0 Å². The molecule has 0 spiro atoms. The fourth-order valence-corrected chi connectivity index (χ4v) is 2.36. The van der Waals surface area contributed by atoms with Crippen molar-refractivity contribution in [3.8, 4) is 11.5 Å². The van der Waals surface area contributed by atoms with Gasteiger partial charge in [0.25, 0.3) is 0 Å². The van der Waals surface area contributed by atoms with Gasteiger partial charge in [0.2, 0.25) is 0 Å². The van der Waals surface area contributed by atoms with Crippen molar-refractivity contribution in [2.24, 2.45) is 0 Å². The van der Waals surface area contributed by atoms with Crippen LogP contribution in [0.25, 0.3) is 0 Å². The van der Waals surface area contributed by atoms with Crippen molar-refractivity contribution in [3.05, 3.63) is 58.7 Å². The Labute approximate surface area is 93.8 Å². The zero-order chi connectivity index (χ0) is 11.1. The monoisotopic (exact) mass is 212 g/mol. The fraction of sp³-hybridized carbons (Fsp3) is 0.143. The van der Waals surface area contributed by atoms with Crippen LogP contribution in [0.5, 0.6) is 11.5 Å². The molecule has 2 aromatic rings. The number of benzene rings is 2. The third kappa shape index (κ3) is 1.34. The number of phenols is 2. The Morgan fingerprint density at radius 2 is 1.50 bits per heavy atom. The van der Waals surface area contributed by atoms with Crippen molar-refractivity contribution in [2.75, 3.05) is 0 Å². The molecule has 2 aromatic carbocycles. The van der Waals surface area contributed by atoms with Gasteiger partial charge < -0.3 is 10.2 Å². The first-order valence-corrected chi connectivity index (χ1v) is 5.34. The van der Waals surface area contributed by atoms with Gasteiger partial charge in [0.1, 0.15) is 11.5 Å². The molecule has 0 unspecified atom stereocenters. The van der Waals surface area contributed by atoms with Gasteiger partial charge >= 0.3 is 0 Å². The van der Waals surface area contributed by atoms with Crippen LogP contribution in [0.2, 0.25) is 0 Å². The molecule has 0 aromatic heterocycles. The molecule has 0 aliphatic heterocycles. The van der Waals surface area contributed by atoms with Crippen molar-refractivity contribution < 1.29 is 10.2 Å². The molecule has 0 fully saturated rings. The molecule has 2 N–H and O–H groups in total. The number of hydrogen-bond donors (Lipinski definition) is 2. The van der Waals surface area contributed by atoms with Gasteiger partial charge in [-0.2, -0.15) is 0 Å². The molecule has 0 atom stereocenters. The highest BCUT2D eigenvalue weighted by Gasteiger charge is 2.18. The molecular weight excluding hydrogens is 200 g/mol. The fourth-order valence-electron chi connectivity index (χ4n) is 2.36. The van der Waals surface area contributed by atoms with Crippen molar-refractivity contribution >= 4 is 0 Å². The second-order valence-electron chi connectivity index (χ2n) is 4.22. The Morgan fingerprint density at radius 3 is 2.25 bits per heavy atom. The Kier molecular flexibility index (Phi) is 1.90. The molecule has 0 heterocycles. The summed E-state index contributed by atoms with van der Waals surface area (Å²) >= 11 is 0. The highest BCUT2D eigenvalue weighted by Crippen LogP contribution is 2.35. The van der Waals surface area contributed by atoms with Crippen molar-refractivity contribution in [1.29, 1.82) is 0 Å². The molecule has 0 saturated heterocycles. The van der Waals surface area contributed by atoms with Gasteiger partial charge in [0.05, 0.1) is 0 Å². The minimum atomic E-state index is 0.135. The Bertz CT molecular complexity index is 559. The average molecular weight is 212 g/mol. The van der Waals surface area contributed by atoms with Gasteiger partial charge in [-0.3, -0.25) is 0 Å². The summed E-state index contributed by atoms with van der Waals surface area (Å²) in [7, 11) is 0. The van der Waals surface area contributed by atoms with Crippen LogP contribution < -0.4 is 0 Å². The van der Waals surface area contributed by atoms with Crippen molar-refractivity contribution in [1.82, 2.24) is 0 Å². The van der Waals surface area contributed by atoms with Gasteiger partial charge in [-0.15, -0.1) is 0 Å². The van der Waals surface area contributed by atoms with E-state index in [1.807, 2.05) is 12.1 Å². The molecule has 3 rings (SSSR count). The van der Waals surface area contributed by atoms with E-state index in [1.165, 1.54) is 17.2 Å². The van der Waals surface area contributed by atoms with Crippen LogP contribution in [-0.2, 0) is 12.8 Å². The summed E-state index contributed by atoms with van der Waals surface area (Å²) < 4.78 is 0. The largest absolute Gasteiger partial charge is 0.508 e. The topological polar surface area (TPSA) is 40.5 Å². The summed E-state index contributed by atoms with van der Waals surface area (Å²) in [6, 6.07) is 11.4. The molecule has 0 bridgehead atoms. The Morgan fingerprint density at radius 1 is 0.812 bits per heavy atom. The van der Waals surface area contributed by atoms with Crippen LogP contribution in [0.4, 0.5) is 0 Å². The summed E-state index contributed by atoms with van der Waals surface area (Å²) in [6.07, 6.45) is 1.53. The van der Waals surface area contributed by atoms with E-state index in [-0.39, 0.29) is 11.5 Å². The van der Waals surface area contributed by atoms with Gasteiger partial charge in [-0.1, -0.05) is 24.3 Å². The predicted molar refractivity (Wildman–Crippen MR) is 61.8 cm³/mol. The van der Waals surface area contributed by atoms with E-state index in [1.54, 1.807) is 6.07 Å². The molecule has 0 radical (unpaired) electrons. The van der Waals surface area contributed by atoms with E-state index in [0.717, 1.165) is 24.0 Å². The summed E-state index contributed by atoms with van der Waals surface area (Å²) in [4.78, 5) is 0. The van der Waals surface area contributed by atoms with Crippen molar-refractivity contribution in [2.45, 2.75) is 12.8 Å². The Balaban J connectivity index is 2.15. The molecule has 1 aliphatic carbocycles. The third-order valence-corrected chi connectivity index (χ3v) is 3.17. The van der Waals surface area contributed by atoms with Crippen LogP contribution in [0.15, 0.2) is 36.4 Å². The van der Waals surface area contributed by atoms with Crippen LogP contribution in [0.3, 0.4) is 0 Å².